The van der Waals surface area contributed by atoms with E-state index in [1.807, 2.05) is 18.2 Å². The molecular weight excluding hydrogens is 262 g/mol. The van der Waals surface area contributed by atoms with Crippen molar-refractivity contribution in [2.24, 2.45) is 0 Å². The molecule has 2 N–H and O–H groups in total. The van der Waals surface area contributed by atoms with Gasteiger partial charge in [0.05, 0.1) is 0 Å². The van der Waals surface area contributed by atoms with Gasteiger partial charge in [0.15, 0.2) is 0 Å². The zero-order valence-electron chi connectivity index (χ0n) is 12.1. The average molecular weight is 281 g/mol. The molecule has 0 spiro atoms. The third kappa shape index (κ3) is 2.20. The number of fused-ring (bicyclic) bond motifs is 3. The van der Waals surface area contributed by atoms with Crippen LogP contribution in [0.3, 0.4) is 0 Å². The highest BCUT2D eigenvalue weighted by Gasteiger charge is 2.39. The lowest BCUT2D eigenvalue weighted by Gasteiger charge is -2.21. The second kappa shape index (κ2) is 4.81. The van der Waals surface area contributed by atoms with Crippen molar-refractivity contribution in [3.05, 3.63) is 41.7 Å². The largest absolute Gasteiger partial charge is 0.346 e. The molecule has 3 unspecified atom stereocenters. The fourth-order valence-corrected chi connectivity index (χ4v) is 3.68. The lowest BCUT2D eigenvalue weighted by molar-refractivity contribution is 0.0926. The van der Waals surface area contributed by atoms with Crippen LogP contribution in [0.25, 0.3) is 10.8 Å². The van der Waals surface area contributed by atoms with Crippen LogP contribution in [0.15, 0.2) is 30.5 Å². The first-order valence-corrected chi connectivity index (χ1v) is 7.63. The first-order chi connectivity index (χ1) is 10.2. The first-order valence-electron chi connectivity index (χ1n) is 7.63. The fraction of sp³-hybridized carbons (Fsp3) is 0.412. The number of carbonyl (C=O) groups excluding carboxylic acids is 1. The summed E-state index contributed by atoms with van der Waals surface area (Å²) in [6, 6.07) is 9.29. The van der Waals surface area contributed by atoms with E-state index < -0.39 is 0 Å². The van der Waals surface area contributed by atoms with E-state index in [9.17, 15) is 4.79 Å². The predicted molar refractivity (Wildman–Crippen MR) is 82.3 cm³/mol. The summed E-state index contributed by atoms with van der Waals surface area (Å²) in [4.78, 5) is 16.8. The number of pyridine rings is 1. The lowest BCUT2D eigenvalue weighted by atomic mass is 9.95. The summed E-state index contributed by atoms with van der Waals surface area (Å²) in [5.74, 6) is -0.0560. The number of aromatic nitrogens is 1. The zero-order chi connectivity index (χ0) is 14.4. The molecule has 3 heterocycles. The molecule has 1 aromatic heterocycles. The lowest BCUT2D eigenvalue weighted by Crippen LogP contribution is -2.43. The molecule has 4 rings (SSSR count). The second-order valence-corrected chi connectivity index (χ2v) is 6.23. The van der Waals surface area contributed by atoms with Crippen LogP contribution in [0.4, 0.5) is 0 Å². The van der Waals surface area contributed by atoms with Gasteiger partial charge in [0.25, 0.3) is 5.91 Å². The summed E-state index contributed by atoms with van der Waals surface area (Å²) >= 11 is 0. The molecule has 1 amide bonds. The van der Waals surface area contributed by atoms with Crippen LogP contribution < -0.4 is 10.6 Å². The maximum absolute atomic E-state index is 12.4. The molecule has 1 aromatic carbocycles. The molecule has 2 saturated heterocycles. The second-order valence-electron chi connectivity index (χ2n) is 6.23. The molecule has 2 aromatic rings. The molecule has 3 atom stereocenters. The quantitative estimate of drug-likeness (QED) is 0.887. The summed E-state index contributed by atoms with van der Waals surface area (Å²) in [5.41, 5.74) is 1.69. The maximum Gasteiger partial charge on any atom is 0.270 e. The monoisotopic (exact) mass is 281 g/mol. The van der Waals surface area contributed by atoms with Crippen LogP contribution in [-0.4, -0.2) is 29.0 Å². The summed E-state index contributed by atoms with van der Waals surface area (Å²) < 4.78 is 0. The molecule has 2 bridgehead atoms. The van der Waals surface area contributed by atoms with Gasteiger partial charge in [-0.3, -0.25) is 9.78 Å². The van der Waals surface area contributed by atoms with Crippen molar-refractivity contribution in [3.8, 4) is 0 Å². The molecule has 21 heavy (non-hydrogen) atoms. The van der Waals surface area contributed by atoms with Crippen molar-refractivity contribution >= 4 is 16.7 Å². The SMILES string of the molecule is Cc1cccc2cnc(C(=O)NC3CC4CCC3N4)cc12. The molecule has 4 nitrogen and oxygen atoms in total. The molecule has 2 fully saturated rings. The third-order valence-corrected chi connectivity index (χ3v) is 4.83. The minimum atomic E-state index is -0.0560. The topological polar surface area (TPSA) is 54.0 Å². The summed E-state index contributed by atoms with van der Waals surface area (Å²) in [6.07, 6.45) is 5.24. The Labute approximate surface area is 124 Å². The fourth-order valence-electron chi connectivity index (χ4n) is 3.68. The van der Waals surface area contributed by atoms with Crippen LogP contribution in [0.1, 0.15) is 35.3 Å². The van der Waals surface area contributed by atoms with Gasteiger partial charge in [-0.05, 0) is 43.2 Å². The normalized spacial score (nSPS) is 27.2. The molecule has 0 aliphatic carbocycles. The van der Waals surface area contributed by atoms with E-state index in [-0.39, 0.29) is 11.9 Å². The number of carbonyl (C=O) groups is 1. The van der Waals surface area contributed by atoms with Crippen LogP contribution in [0.5, 0.6) is 0 Å². The number of amides is 1. The van der Waals surface area contributed by atoms with Gasteiger partial charge in [-0.1, -0.05) is 18.2 Å². The van der Waals surface area contributed by atoms with E-state index in [0.29, 0.717) is 17.8 Å². The summed E-state index contributed by atoms with van der Waals surface area (Å²) in [5, 5.41) is 8.86. The van der Waals surface area contributed by atoms with Crippen molar-refractivity contribution < 1.29 is 4.79 Å². The molecule has 4 heteroatoms. The highest BCUT2D eigenvalue weighted by Crippen LogP contribution is 2.28. The van der Waals surface area contributed by atoms with Gasteiger partial charge in [0, 0.05) is 29.7 Å². The van der Waals surface area contributed by atoms with Crippen LogP contribution in [0.2, 0.25) is 0 Å². The Kier molecular flexibility index (Phi) is 2.93. The molecule has 0 radical (unpaired) electrons. The molecule has 108 valence electrons. The molecule has 0 saturated carbocycles. The van der Waals surface area contributed by atoms with E-state index in [4.69, 9.17) is 0 Å². The molecule has 2 aliphatic heterocycles. The van der Waals surface area contributed by atoms with Gasteiger partial charge in [0.1, 0.15) is 5.69 Å². The highest BCUT2D eigenvalue weighted by atomic mass is 16.2. The minimum Gasteiger partial charge on any atom is -0.346 e. The highest BCUT2D eigenvalue weighted by molar-refractivity contribution is 5.97. The Bertz CT molecular complexity index is 712. The number of benzene rings is 1. The average Bonchev–Trinajstić information content (AvgIpc) is 3.10. The minimum absolute atomic E-state index is 0.0560. The number of hydrogen-bond donors (Lipinski definition) is 2. The number of rotatable bonds is 2. The van der Waals surface area contributed by atoms with E-state index in [1.165, 1.54) is 18.4 Å². The van der Waals surface area contributed by atoms with Gasteiger partial charge >= 0.3 is 0 Å². The summed E-state index contributed by atoms with van der Waals surface area (Å²) in [6.45, 7) is 2.06. The van der Waals surface area contributed by atoms with Gasteiger partial charge < -0.3 is 10.6 Å². The van der Waals surface area contributed by atoms with Crippen molar-refractivity contribution in [1.29, 1.82) is 0 Å². The number of hydrogen-bond acceptors (Lipinski definition) is 3. The van der Waals surface area contributed by atoms with Crippen molar-refractivity contribution in [2.75, 3.05) is 0 Å². The third-order valence-electron chi connectivity index (χ3n) is 4.83. The van der Waals surface area contributed by atoms with Gasteiger partial charge in [-0.15, -0.1) is 0 Å². The van der Waals surface area contributed by atoms with E-state index in [1.54, 1.807) is 6.20 Å². The van der Waals surface area contributed by atoms with Crippen molar-refractivity contribution in [1.82, 2.24) is 15.6 Å². The van der Waals surface area contributed by atoms with E-state index in [2.05, 4.69) is 28.6 Å². The molecule has 2 aliphatic rings. The van der Waals surface area contributed by atoms with Gasteiger partial charge in [0.2, 0.25) is 0 Å². The van der Waals surface area contributed by atoms with Gasteiger partial charge in [-0.2, -0.15) is 0 Å². The van der Waals surface area contributed by atoms with Crippen LogP contribution in [0, 0.1) is 6.92 Å². The van der Waals surface area contributed by atoms with Crippen LogP contribution in [-0.2, 0) is 0 Å². The van der Waals surface area contributed by atoms with Gasteiger partial charge in [-0.25, -0.2) is 0 Å². The Morgan fingerprint density at radius 2 is 2.29 bits per heavy atom. The standard InChI is InChI=1S/C17H19N3O/c1-10-3-2-4-11-9-18-16(8-13(10)11)17(21)20-15-7-12-5-6-14(15)19-12/h2-4,8-9,12,14-15,19H,5-7H2,1H3,(H,20,21). The Balaban J connectivity index is 1.58. The number of nitrogens with one attached hydrogen (secondary N) is 2. The van der Waals surface area contributed by atoms with E-state index in [0.717, 1.165) is 17.2 Å². The van der Waals surface area contributed by atoms with Crippen molar-refractivity contribution in [2.45, 2.75) is 44.3 Å². The predicted octanol–water partition coefficient (Wildman–Crippen LogP) is 2.17. The van der Waals surface area contributed by atoms with Crippen molar-refractivity contribution in [3.63, 3.8) is 0 Å². The molecular formula is C17H19N3O. The Morgan fingerprint density at radius 1 is 1.38 bits per heavy atom. The van der Waals surface area contributed by atoms with Crippen LogP contribution >= 0.6 is 0 Å². The maximum atomic E-state index is 12.4. The van der Waals surface area contributed by atoms with E-state index >= 15 is 0 Å². The number of nitrogens with zero attached hydrogens (tertiary/aromatic N) is 1. The number of aryl methyl sites for hydroxylation is 1. The Morgan fingerprint density at radius 3 is 3.05 bits per heavy atom. The zero-order valence-corrected chi connectivity index (χ0v) is 12.1. The first kappa shape index (κ1) is 12.8. The smallest absolute Gasteiger partial charge is 0.270 e. The Hall–Kier alpha value is -1.94. The summed E-state index contributed by atoms with van der Waals surface area (Å²) in [7, 11) is 0.